The molecule has 2 nitrogen and oxygen atoms in total. The van der Waals surface area contributed by atoms with Crippen LogP contribution in [-0.2, 0) is 0 Å². The minimum absolute atomic E-state index is 0. The number of rotatable bonds is 3. The Balaban J connectivity index is 0.00000112. The zero-order chi connectivity index (χ0) is 9.64. The molecule has 2 heteroatoms. The van der Waals surface area contributed by atoms with E-state index in [4.69, 9.17) is 0 Å². The molecule has 0 fully saturated rings. The van der Waals surface area contributed by atoms with Crippen LogP contribution in [0.3, 0.4) is 0 Å². The molecule has 0 aliphatic heterocycles. The number of para-hydroxylation sites is 2. The highest BCUT2D eigenvalue weighted by Gasteiger charge is 1.88. The minimum Gasteiger partial charge on any atom is -0.301 e. The first-order valence-electron chi connectivity index (χ1n) is 4.57. The molecule has 0 atom stereocenters. The number of nitrogens with one attached hydrogen (secondary N) is 2. The third-order valence-electron chi connectivity index (χ3n) is 1.90. The lowest BCUT2D eigenvalue weighted by Crippen LogP contribution is -2.07. The van der Waals surface area contributed by atoms with Gasteiger partial charge in [0, 0.05) is 0 Å². The molecule has 0 saturated heterocycles. The Kier molecular flexibility index (Phi) is 4.23. The Morgan fingerprint density at radius 1 is 0.533 bits per heavy atom. The maximum Gasteiger partial charge on any atom is 0.0539 e. The Hall–Kier alpha value is -1.96. The number of hydrogen-bond acceptors (Lipinski definition) is 2. The summed E-state index contributed by atoms with van der Waals surface area (Å²) in [6.07, 6.45) is 0. The van der Waals surface area contributed by atoms with Crippen molar-refractivity contribution < 1.29 is 0 Å². The molecule has 0 aliphatic carbocycles. The van der Waals surface area contributed by atoms with Crippen LogP contribution < -0.4 is 10.9 Å². The van der Waals surface area contributed by atoms with E-state index in [1.807, 2.05) is 60.7 Å². The Morgan fingerprint density at radius 3 is 1.20 bits per heavy atom. The van der Waals surface area contributed by atoms with Gasteiger partial charge in [-0.1, -0.05) is 43.8 Å². The largest absolute Gasteiger partial charge is 0.301 e. The summed E-state index contributed by atoms with van der Waals surface area (Å²) in [5, 5.41) is 0. The Morgan fingerprint density at radius 2 is 0.867 bits per heavy atom. The standard InChI is InChI=1S/C12H12N2.CH4/c1-3-7-11(8-4-1)13-14-12-9-5-2-6-10-12;/h1-10,13-14H;1H4. The van der Waals surface area contributed by atoms with E-state index in [9.17, 15) is 0 Å². The second-order valence-electron chi connectivity index (χ2n) is 2.98. The van der Waals surface area contributed by atoms with Crippen molar-refractivity contribution in [1.82, 2.24) is 0 Å². The smallest absolute Gasteiger partial charge is 0.0539 e. The van der Waals surface area contributed by atoms with Crippen LogP contribution in [0.1, 0.15) is 7.43 Å². The predicted molar refractivity (Wildman–Crippen MR) is 66.9 cm³/mol. The van der Waals surface area contributed by atoms with Crippen LogP contribution >= 0.6 is 0 Å². The van der Waals surface area contributed by atoms with Crippen molar-refractivity contribution >= 4 is 11.4 Å². The van der Waals surface area contributed by atoms with Crippen molar-refractivity contribution in [3.05, 3.63) is 60.7 Å². The van der Waals surface area contributed by atoms with Crippen LogP contribution in [0.25, 0.3) is 0 Å². The Labute approximate surface area is 90.9 Å². The monoisotopic (exact) mass is 200 g/mol. The fourth-order valence-corrected chi connectivity index (χ4v) is 1.19. The fraction of sp³-hybridized carbons (Fsp3) is 0.0769. The number of anilines is 2. The zero-order valence-corrected chi connectivity index (χ0v) is 7.77. The molecule has 0 aliphatic rings. The summed E-state index contributed by atoms with van der Waals surface area (Å²) < 4.78 is 0. The van der Waals surface area contributed by atoms with Gasteiger partial charge in [-0.05, 0) is 24.3 Å². The van der Waals surface area contributed by atoms with Crippen LogP contribution in [-0.4, -0.2) is 0 Å². The van der Waals surface area contributed by atoms with Gasteiger partial charge in [0.05, 0.1) is 11.4 Å². The average Bonchev–Trinajstić information content (AvgIpc) is 2.29. The lowest BCUT2D eigenvalue weighted by atomic mass is 10.3. The summed E-state index contributed by atoms with van der Waals surface area (Å²) >= 11 is 0. The molecule has 0 amide bonds. The number of hydrogen-bond donors (Lipinski definition) is 2. The van der Waals surface area contributed by atoms with Gasteiger partial charge in [-0.15, -0.1) is 0 Å². The van der Waals surface area contributed by atoms with E-state index in [0.717, 1.165) is 11.4 Å². The lowest BCUT2D eigenvalue weighted by Gasteiger charge is -2.08. The summed E-state index contributed by atoms with van der Waals surface area (Å²) in [5.74, 6) is 0. The molecule has 0 aromatic heterocycles. The normalized spacial score (nSPS) is 8.80. The maximum absolute atomic E-state index is 3.11. The molecular formula is C13H16N2. The van der Waals surface area contributed by atoms with Gasteiger partial charge in [-0.2, -0.15) is 0 Å². The van der Waals surface area contributed by atoms with E-state index in [2.05, 4.69) is 10.9 Å². The SMILES string of the molecule is C.c1ccc(NNc2ccccc2)cc1. The molecule has 2 rings (SSSR count). The Bertz CT molecular complexity index is 331. The number of hydrazine groups is 1. The third kappa shape index (κ3) is 3.35. The lowest BCUT2D eigenvalue weighted by molar-refractivity contribution is 1.41. The second-order valence-corrected chi connectivity index (χ2v) is 2.98. The van der Waals surface area contributed by atoms with Gasteiger partial charge in [-0.25, -0.2) is 0 Å². The first-order chi connectivity index (χ1) is 6.95. The highest BCUT2D eigenvalue weighted by atomic mass is 15.4. The van der Waals surface area contributed by atoms with Crippen LogP contribution in [0, 0.1) is 0 Å². The highest BCUT2D eigenvalue weighted by molar-refractivity contribution is 5.51. The summed E-state index contributed by atoms with van der Waals surface area (Å²) in [6.45, 7) is 0. The average molecular weight is 200 g/mol. The topological polar surface area (TPSA) is 24.1 Å². The number of benzene rings is 2. The van der Waals surface area contributed by atoms with Gasteiger partial charge in [0.1, 0.15) is 0 Å². The molecule has 2 aromatic rings. The van der Waals surface area contributed by atoms with Gasteiger partial charge < -0.3 is 10.9 Å². The summed E-state index contributed by atoms with van der Waals surface area (Å²) in [6, 6.07) is 20.0. The van der Waals surface area contributed by atoms with Crippen molar-refractivity contribution in [1.29, 1.82) is 0 Å². The van der Waals surface area contributed by atoms with Gasteiger partial charge in [-0.3, -0.25) is 0 Å². The second kappa shape index (κ2) is 5.70. The maximum atomic E-state index is 3.11. The first-order valence-corrected chi connectivity index (χ1v) is 4.57. The van der Waals surface area contributed by atoms with E-state index in [1.165, 1.54) is 0 Å². The van der Waals surface area contributed by atoms with Crippen molar-refractivity contribution in [2.24, 2.45) is 0 Å². The van der Waals surface area contributed by atoms with Gasteiger partial charge in [0.2, 0.25) is 0 Å². The van der Waals surface area contributed by atoms with Gasteiger partial charge in [0.25, 0.3) is 0 Å². The molecule has 0 saturated carbocycles. The molecule has 2 aromatic carbocycles. The molecule has 78 valence electrons. The third-order valence-corrected chi connectivity index (χ3v) is 1.90. The molecule has 2 N–H and O–H groups in total. The molecule has 0 bridgehead atoms. The van der Waals surface area contributed by atoms with E-state index in [-0.39, 0.29) is 7.43 Å². The molecule has 0 radical (unpaired) electrons. The molecule has 15 heavy (non-hydrogen) atoms. The van der Waals surface area contributed by atoms with E-state index < -0.39 is 0 Å². The van der Waals surface area contributed by atoms with E-state index in [0.29, 0.717) is 0 Å². The van der Waals surface area contributed by atoms with Crippen molar-refractivity contribution in [3.8, 4) is 0 Å². The first kappa shape index (κ1) is 11.1. The predicted octanol–water partition coefficient (Wildman–Crippen LogP) is 3.76. The minimum atomic E-state index is 0. The van der Waals surface area contributed by atoms with Gasteiger partial charge >= 0.3 is 0 Å². The van der Waals surface area contributed by atoms with Crippen molar-refractivity contribution in [2.45, 2.75) is 7.43 Å². The highest BCUT2D eigenvalue weighted by Crippen LogP contribution is 2.08. The van der Waals surface area contributed by atoms with Crippen molar-refractivity contribution in [2.75, 3.05) is 10.9 Å². The fourth-order valence-electron chi connectivity index (χ4n) is 1.19. The summed E-state index contributed by atoms with van der Waals surface area (Å²) in [5.41, 5.74) is 8.33. The van der Waals surface area contributed by atoms with Gasteiger partial charge in [0.15, 0.2) is 0 Å². The molecule has 0 spiro atoms. The quantitative estimate of drug-likeness (QED) is 0.737. The summed E-state index contributed by atoms with van der Waals surface area (Å²) in [4.78, 5) is 0. The summed E-state index contributed by atoms with van der Waals surface area (Å²) in [7, 11) is 0. The van der Waals surface area contributed by atoms with Crippen LogP contribution in [0.5, 0.6) is 0 Å². The van der Waals surface area contributed by atoms with Crippen LogP contribution in [0.4, 0.5) is 11.4 Å². The molecule has 0 unspecified atom stereocenters. The van der Waals surface area contributed by atoms with Crippen molar-refractivity contribution in [3.63, 3.8) is 0 Å². The molecule has 0 heterocycles. The van der Waals surface area contributed by atoms with E-state index in [1.54, 1.807) is 0 Å². The van der Waals surface area contributed by atoms with Crippen LogP contribution in [0.2, 0.25) is 0 Å². The zero-order valence-electron chi connectivity index (χ0n) is 7.77. The molecular weight excluding hydrogens is 184 g/mol. The van der Waals surface area contributed by atoms with E-state index >= 15 is 0 Å². The van der Waals surface area contributed by atoms with Crippen LogP contribution in [0.15, 0.2) is 60.7 Å².